The SMILES string of the molecule is CCN1CCN(CC2CCN(C(=O)CCCCC(=O)C(C)C)CC2)CC1. The highest BCUT2D eigenvalue weighted by atomic mass is 16.2. The van der Waals surface area contributed by atoms with Gasteiger partial charge in [-0.05, 0) is 38.1 Å². The van der Waals surface area contributed by atoms with Gasteiger partial charge in [-0.2, -0.15) is 0 Å². The standard InChI is InChI=1S/C21H39N3O2/c1-4-22-13-15-23(16-14-22)17-19-9-11-24(12-10-19)21(26)8-6-5-7-20(25)18(2)3/h18-19H,4-17H2,1-3H3. The number of likely N-dealkylation sites (N-methyl/N-ethyl adjacent to an activating group) is 1. The zero-order valence-corrected chi connectivity index (χ0v) is 17.2. The molecule has 0 aromatic carbocycles. The van der Waals surface area contributed by atoms with E-state index in [1.165, 1.54) is 39.3 Å². The topological polar surface area (TPSA) is 43.9 Å². The lowest BCUT2D eigenvalue weighted by Gasteiger charge is -2.38. The number of amides is 1. The Labute approximate surface area is 160 Å². The molecule has 0 aromatic heterocycles. The van der Waals surface area contributed by atoms with Crippen molar-refractivity contribution in [1.29, 1.82) is 0 Å². The van der Waals surface area contributed by atoms with Crippen LogP contribution in [0.3, 0.4) is 0 Å². The summed E-state index contributed by atoms with van der Waals surface area (Å²) in [6, 6.07) is 0. The Kier molecular flexibility index (Phi) is 9.06. The minimum Gasteiger partial charge on any atom is -0.343 e. The van der Waals surface area contributed by atoms with Crippen LogP contribution < -0.4 is 0 Å². The molecule has 0 N–H and O–H groups in total. The lowest BCUT2D eigenvalue weighted by molar-refractivity contribution is -0.133. The third-order valence-electron chi connectivity index (χ3n) is 6.10. The highest BCUT2D eigenvalue weighted by Crippen LogP contribution is 2.20. The number of piperazine rings is 1. The summed E-state index contributed by atoms with van der Waals surface area (Å²) in [6.07, 6.45) is 5.21. The van der Waals surface area contributed by atoms with Gasteiger partial charge in [0, 0.05) is 64.6 Å². The van der Waals surface area contributed by atoms with Gasteiger partial charge in [0.15, 0.2) is 0 Å². The van der Waals surface area contributed by atoms with Crippen LogP contribution in [0.15, 0.2) is 0 Å². The number of carbonyl (C=O) groups excluding carboxylic acids is 2. The van der Waals surface area contributed by atoms with Gasteiger partial charge in [0.2, 0.25) is 5.91 Å². The van der Waals surface area contributed by atoms with Gasteiger partial charge >= 0.3 is 0 Å². The molecule has 0 radical (unpaired) electrons. The second kappa shape index (κ2) is 11.0. The summed E-state index contributed by atoms with van der Waals surface area (Å²) < 4.78 is 0. The number of unbranched alkanes of at least 4 members (excludes halogenated alkanes) is 1. The number of carbonyl (C=O) groups is 2. The Morgan fingerprint density at radius 2 is 1.46 bits per heavy atom. The van der Waals surface area contributed by atoms with E-state index in [-0.39, 0.29) is 11.8 Å². The van der Waals surface area contributed by atoms with Gasteiger partial charge in [-0.3, -0.25) is 9.59 Å². The fourth-order valence-electron chi connectivity index (χ4n) is 4.04. The van der Waals surface area contributed by atoms with Gasteiger partial charge in [-0.25, -0.2) is 0 Å². The van der Waals surface area contributed by atoms with Crippen molar-refractivity contribution in [1.82, 2.24) is 14.7 Å². The third-order valence-corrected chi connectivity index (χ3v) is 6.10. The van der Waals surface area contributed by atoms with Crippen molar-refractivity contribution in [3.63, 3.8) is 0 Å². The van der Waals surface area contributed by atoms with E-state index in [4.69, 9.17) is 0 Å². The average molecular weight is 366 g/mol. The van der Waals surface area contributed by atoms with Crippen molar-refractivity contribution >= 4 is 11.7 Å². The van der Waals surface area contributed by atoms with Crippen LogP contribution in [0.5, 0.6) is 0 Å². The van der Waals surface area contributed by atoms with Gasteiger partial charge in [0.05, 0.1) is 0 Å². The normalized spacial score (nSPS) is 20.7. The van der Waals surface area contributed by atoms with Crippen molar-refractivity contribution in [2.45, 2.75) is 59.3 Å². The molecule has 2 aliphatic rings. The van der Waals surface area contributed by atoms with Crippen LogP contribution in [0.25, 0.3) is 0 Å². The van der Waals surface area contributed by atoms with Crippen LogP contribution in [-0.2, 0) is 9.59 Å². The summed E-state index contributed by atoms with van der Waals surface area (Å²) in [6.45, 7) is 15.1. The number of hydrogen-bond donors (Lipinski definition) is 0. The van der Waals surface area contributed by atoms with Gasteiger partial charge in [-0.15, -0.1) is 0 Å². The Balaban J connectivity index is 1.57. The molecule has 0 spiro atoms. The molecule has 0 aromatic rings. The summed E-state index contributed by atoms with van der Waals surface area (Å²) in [5.41, 5.74) is 0. The predicted molar refractivity (Wildman–Crippen MR) is 106 cm³/mol. The number of Topliss-reactive ketones (excluding diaryl/α,β-unsaturated/α-hetero) is 1. The van der Waals surface area contributed by atoms with E-state index in [1.807, 2.05) is 13.8 Å². The highest BCUT2D eigenvalue weighted by Gasteiger charge is 2.25. The second-order valence-electron chi connectivity index (χ2n) is 8.39. The first-order valence-corrected chi connectivity index (χ1v) is 10.7. The highest BCUT2D eigenvalue weighted by molar-refractivity contribution is 5.80. The molecule has 2 rings (SSSR count). The summed E-state index contributed by atoms with van der Waals surface area (Å²) in [5.74, 6) is 1.47. The Morgan fingerprint density at radius 1 is 0.885 bits per heavy atom. The molecule has 26 heavy (non-hydrogen) atoms. The van der Waals surface area contributed by atoms with Crippen molar-refractivity contribution in [3.8, 4) is 0 Å². The number of nitrogens with zero attached hydrogens (tertiary/aromatic N) is 3. The monoisotopic (exact) mass is 365 g/mol. The lowest BCUT2D eigenvalue weighted by atomic mass is 9.95. The third kappa shape index (κ3) is 6.99. The number of likely N-dealkylation sites (tertiary alicyclic amines) is 1. The minimum absolute atomic E-state index is 0.120. The smallest absolute Gasteiger partial charge is 0.222 e. The van der Waals surface area contributed by atoms with Crippen LogP contribution in [0.1, 0.15) is 59.3 Å². The maximum absolute atomic E-state index is 12.4. The summed E-state index contributed by atoms with van der Waals surface area (Å²) in [5, 5.41) is 0. The minimum atomic E-state index is 0.120. The van der Waals surface area contributed by atoms with E-state index in [9.17, 15) is 9.59 Å². The van der Waals surface area contributed by atoms with Crippen LogP contribution in [0.2, 0.25) is 0 Å². The zero-order chi connectivity index (χ0) is 18.9. The van der Waals surface area contributed by atoms with Gasteiger partial charge < -0.3 is 14.7 Å². The molecule has 2 saturated heterocycles. The van der Waals surface area contributed by atoms with E-state index in [0.717, 1.165) is 44.7 Å². The Morgan fingerprint density at radius 3 is 2.04 bits per heavy atom. The van der Waals surface area contributed by atoms with E-state index in [2.05, 4.69) is 21.6 Å². The van der Waals surface area contributed by atoms with Crippen LogP contribution >= 0.6 is 0 Å². The van der Waals surface area contributed by atoms with Gasteiger partial charge in [-0.1, -0.05) is 20.8 Å². The fourth-order valence-corrected chi connectivity index (χ4v) is 4.04. The number of rotatable bonds is 9. The maximum Gasteiger partial charge on any atom is 0.222 e. The molecule has 0 unspecified atom stereocenters. The molecule has 2 fully saturated rings. The molecular formula is C21H39N3O2. The number of ketones is 1. The summed E-state index contributed by atoms with van der Waals surface area (Å²) in [7, 11) is 0. The first-order valence-electron chi connectivity index (χ1n) is 10.7. The quantitative estimate of drug-likeness (QED) is 0.589. The Hall–Kier alpha value is -0.940. The molecule has 5 nitrogen and oxygen atoms in total. The van der Waals surface area contributed by atoms with Crippen molar-refractivity contribution in [3.05, 3.63) is 0 Å². The average Bonchev–Trinajstić information content (AvgIpc) is 2.66. The van der Waals surface area contributed by atoms with Gasteiger partial charge in [0.25, 0.3) is 0 Å². The van der Waals surface area contributed by atoms with Crippen molar-refractivity contribution < 1.29 is 9.59 Å². The first-order chi connectivity index (χ1) is 12.5. The van der Waals surface area contributed by atoms with Crippen LogP contribution in [-0.4, -0.2) is 78.7 Å². The summed E-state index contributed by atoms with van der Waals surface area (Å²) in [4.78, 5) is 31.2. The maximum atomic E-state index is 12.4. The predicted octanol–water partition coefficient (Wildman–Crippen LogP) is 2.65. The molecule has 0 saturated carbocycles. The van der Waals surface area contributed by atoms with E-state index < -0.39 is 0 Å². The largest absolute Gasteiger partial charge is 0.343 e. The molecule has 0 atom stereocenters. The van der Waals surface area contributed by atoms with Crippen molar-refractivity contribution in [2.75, 3.05) is 52.4 Å². The van der Waals surface area contributed by atoms with E-state index in [0.29, 0.717) is 18.6 Å². The molecular weight excluding hydrogens is 326 g/mol. The number of piperidine rings is 1. The molecule has 0 aliphatic carbocycles. The van der Waals surface area contributed by atoms with Crippen LogP contribution in [0.4, 0.5) is 0 Å². The molecule has 0 bridgehead atoms. The summed E-state index contributed by atoms with van der Waals surface area (Å²) >= 11 is 0. The fraction of sp³-hybridized carbons (Fsp3) is 0.905. The molecule has 5 heteroatoms. The van der Waals surface area contributed by atoms with E-state index >= 15 is 0 Å². The zero-order valence-electron chi connectivity index (χ0n) is 17.2. The molecule has 2 aliphatic heterocycles. The molecule has 1 amide bonds. The lowest BCUT2D eigenvalue weighted by Crippen LogP contribution is -2.49. The molecule has 2 heterocycles. The molecule has 150 valence electrons. The number of hydrogen-bond acceptors (Lipinski definition) is 4. The van der Waals surface area contributed by atoms with Crippen molar-refractivity contribution in [2.24, 2.45) is 11.8 Å². The first kappa shape index (κ1) is 21.4. The Bertz CT molecular complexity index is 437. The van der Waals surface area contributed by atoms with Gasteiger partial charge in [0.1, 0.15) is 5.78 Å². The van der Waals surface area contributed by atoms with E-state index in [1.54, 1.807) is 0 Å². The second-order valence-corrected chi connectivity index (χ2v) is 8.39. The van der Waals surface area contributed by atoms with Crippen LogP contribution in [0, 0.1) is 11.8 Å².